The minimum absolute atomic E-state index is 0.0503. The van der Waals surface area contributed by atoms with Crippen molar-refractivity contribution in [1.82, 2.24) is 0 Å². The monoisotopic (exact) mass is 223 g/mol. The van der Waals surface area contributed by atoms with Gasteiger partial charge in [0.05, 0.1) is 11.0 Å². The van der Waals surface area contributed by atoms with Gasteiger partial charge in [0.2, 0.25) is 0 Å². The summed E-state index contributed by atoms with van der Waals surface area (Å²) in [6, 6.07) is 8.49. The van der Waals surface area contributed by atoms with Gasteiger partial charge < -0.3 is 4.84 Å². The summed E-state index contributed by atoms with van der Waals surface area (Å²) >= 11 is 1.77. The quantitative estimate of drug-likeness (QED) is 0.442. The molecule has 0 bridgehead atoms. The molecule has 0 N–H and O–H groups in total. The molecule has 0 amide bonds. The van der Waals surface area contributed by atoms with Crippen molar-refractivity contribution >= 4 is 18.0 Å². The molecule has 0 unspecified atom stereocenters. The summed E-state index contributed by atoms with van der Waals surface area (Å²) in [5, 5.41) is 3.81. The van der Waals surface area contributed by atoms with E-state index in [0.29, 0.717) is 0 Å². The highest BCUT2D eigenvalue weighted by molar-refractivity contribution is 8.01. The molecule has 0 saturated carbocycles. The van der Waals surface area contributed by atoms with Crippen molar-refractivity contribution in [2.24, 2.45) is 5.16 Å². The highest BCUT2D eigenvalue weighted by Gasteiger charge is 2.16. The maximum absolute atomic E-state index is 4.69. The molecule has 1 aromatic carbocycles. The summed E-state index contributed by atoms with van der Waals surface area (Å²) in [7, 11) is 1.56. The van der Waals surface area contributed by atoms with Gasteiger partial charge in [-0.2, -0.15) is 0 Å². The van der Waals surface area contributed by atoms with Crippen LogP contribution < -0.4 is 0 Å². The number of aryl methyl sites for hydroxylation is 1. The highest BCUT2D eigenvalue weighted by Crippen LogP contribution is 2.31. The second kappa shape index (κ2) is 5.21. The van der Waals surface area contributed by atoms with Gasteiger partial charge in [-0.1, -0.05) is 22.9 Å². The largest absolute Gasteiger partial charge is 0.399 e. The molecule has 0 saturated heterocycles. The maximum atomic E-state index is 4.69. The lowest BCUT2D eigenvalue weighted by atomic mass is 10.2. The number of rotatable bonds is 4. The standard InChI is InChI=1S/C12H17NOS/c1-10-5-7-11(8-6-10)15-12(2,3)9-13-14-4/h5-9H,1-4H3/b13-9+. The van der Waals surface area contributed by atoms with E-state index in [4.69, 9.17) is 4.84 Å². The Kier molecular flexibility index (Phi) is 4.21. The average molecular weight is 223 g/mol. The Morgan fingerprint density at radius 1 is 1.27 bits per heavy atom. The number of hydrogen-bond donors (Lipinski definition) is 0. The lowest BCUT2D eigenvalue weighted by Gasteiger charge is -2.17. The molecule has 2 nitrogen and oxygen atoms in total. The van der Waals surface area contributed by atoms with Crippen molar-refractivity contribution in [2.45, 2.75) is 30.4 Å². The minimum atomic E-state index is -0.0503. The summed E-state index contributed by atoms with van der Waals surface area (Å²) in [5.74, 6) is 0. The van der Waals surface area contributed by atoms with Crippen molar-refractivity contribution in [1.29, 1.82) is 0 Å². The van der Waals surface area contributed by atoms with E-state index in [1.54, 1.807) is 18.9 Å². The predicted molar refractivity (Wildman–Crippen MR) is 66.6 cm³/mol. The zero-order valence-electron chi connectivity index (χ0n) is 9.65. The van der Waals surface area contributed by atoms with E-state index in [9.17, 15) is 0 Å². The van der Waals surface area contributed by atoms with Gasteiger partial charge in [0.25, 0.3) is 0 Å². The Bertz CT molecular complexity index is 330. The molecule has 0 aliphatic carbocycles. The fraction of sp³-hybridized carbons (Fsp3) is 0.417. The Morgan fingerprint density at radius 3 is 2.40 bits per heavy atom. The Labute approximate surface area is 95.7 Å². The average Bonchev–Trinajstić information content (AvgIpc) is 2.18. The smallest absolute Gasteiger partial charge is 0.106 e. The predicted octanol–water partition coefficient (Wildman–Crippen LogP) is 3.50. The van der Waals surface area contributed by atoms with Crippen LogP contribution in [0.5, 0.6) is 0 Å². The van der Waals surface area contributed by atoms with Gasteiger partial charge in [-0.05, 0) is 32.9 Å². The first kappa shape index (κ1) is 12.1. The van der Waals surface area contributed by atoms with E-state index in [1.807, 2.05) is 6.21 Å². The van der Waals surface area contributed by atoms with Crippen molar-refractivity contribution in [3.8, 4) is 0 Å². The topological polar surface area (TPSA) is 21.6 Å². The lowest BCUT2D eigenvalue weighted by Crippen LogP contribution is -2.16. The van der Waals surface area contributed by atoms with Crippen LogP contribution in [0.3, 0.4) is 0 Å². The van der Waals surface area contributed by atoms with Gasteiger partial charge >= 0.3 is 0 Å². The second-order valence-corrected chi connectivity index (χ2v) is 5.66. The molecule has 0 radical (unpaired) electrons. The number of nitrogens with zero attached hydrogens (tertiary/aromatic N) is 1. The van der Waals surface area contributed by atoms with Gasteiger partial charge in [0, 0.05) is 4.90 Å². The highest BCUT2D eigenvalue weighted by atomic mass is 32.2. The molecule has 15 heavy (non-hydrogen) atoms. The Morgan fingerprint density at radius 2 is 1.87 bits per heavy atom. The molecule has 0 aliphatic heterocycles. The molecule has 1 rings (SSSR count). The first-order valence-corrected chi connectivity index (χ1v) is 5.68. The summed E-state index contributed by atoms with van der Waals surface area (Å²) in [5.41, 5.74) is 1.28. The van der Waals surface area contributed by atoms with Gasteiger partial charge in [-0.15, -0.1) is 11.8 Å². The summed E-state index contributed by atoms with van der Waals surface area (Å²) in [4.78, 5) is 5.93. The van der Waals surface area contributed by atoms with Crippen LogP contribution in [-0.4, -0.2) is 18.1 Å². The summed E-state index contributed by atoms with van der Waals surface area (Å²) < 4.78 is -0.0503. The van der Waals surface area contributed by atoms with E-state index in [1.165, 1.54) is 10.5 Å². The van der Waals surface area contributed by atoms with Gasteiger partial charge in [-0.3, -0.25) is 0 Å². The van der Waals surface area contributed by atoms with Crippen LogP contribution in [-0.2, 0) is 4.84 Å². The number of benzene rings is 1. The molecule has 0 aromatic heterocycles. The van der Waals surface area contributed by atoms with Crippen molar-refractivity contribution in [2.75, 3.05) is 7.11 Å². The molecule has 82 valence electrons. The van der Waals surface area contributed by atoms with Crippen LogP contribution in [0.25, 0.3) is 0 Å². The number of oxime groups is 1. The van der Waals surface area contributed by atoms with Gasteiger partial charge in [0.1, 0.15) is 7.11 Å². The number of thioether (sulfide) groups is 1. The summed E-state index contributed by atoms with van der Waals surface area (Å²) in [6.45, 7) is 6.31. The molecular weight excluding hydrogens is 206 g/mol. The molecule has 0 spiro atoms. The SMILES string of the molecule is CO/N=C/C(C)(C)Sc1ccc(C)cc1. The Hall–Kier alpha value is -0.960. The van der Waals surface area contributed by atoms with Gasteiger partial charge in [-0.25, -0.2) is 0 Å². The van der Waals surface area contributed by atoms with Crippen LogP contribution in [0.4, 0.5) is 0 Å². The third-order valence-corrected chi connectivity index (χ3v) is 3.01. The zero-order chi connectivity index (χ0) is 11.3. The van der Waals surface area contributed by atoms with Crippen LogP contribution >= 0.6 is 11.8 Å². The van der Waals surface area contributed by atoms with Crippen LogP contribution in [0.2, 0.25) is 0 Å². The van der Waals surface area contributed by atoms with Gasteiger partial charge in [0.15, 0.2) is 0 Å². The molecule has 3 heteroatoms. The first-order valence-electron chi connectivity index (χ1n) is 4.87. The summed E-state index contributed by atoms with van der Waals surface area (Å²) in [6.07, 6.45) is 1.82. The van der Waals surface area contributed by atoms with E-state index in [-0.39, 0.29) is 4.75 Å². The third-order valence-electron chi connectivity index (χ3n) is 1.87. The van der Waals surface area contributed by atoms with Crippen LogP contribution in [0.1, 0.15) is 19.4 Å². The van der Waals surface area contributed by atoms with Crippen molar-refractivity contribution < 1.29 is 4.84 Å². The zero-order valence-corrected chi connectivity index (χ0v) is 10.5. The molecule has 1 aromatic rings. The number of hydrogen-bond acceptors (Lipinski definition) is 3. The normalized spacial score (nSPS) is 12.0. The molecule has 0 atom stereocenters. The van der Waals surface area contributed by atoms with Crippen LogP contribution in [0, 0.1) is 6.92 Å². The molecular formula is C12H17NOS. The lowest BCUT2D eigenvalue weighted by molar-refractivity contribution is 0.214. The van der Waals surface area contributed by atoms with E-state index in [0.717, 1.165) is 0 Å². The molecule has 0 fully saturated rings. The van der Waals surface area contributed by atoms with E-state index < -0.39 is 0 Å². The molecule has 0 aliphatic rings. The van der Waals surface area contributed by atoms with E-state index in [2.05, 4.69) is 50.2 Å². The van der Waals surface area contributed by atoms with E-state index >= 15 is 0 Å². The van der Waals surface area contributed by atoms with Crippen molar-refractivity contribution in [3.05, 3.63) is 29.8 Å². The fourth-order valence-corrected chi connectivity index (χ4v) is 2.09. The maximum Gasteiger partial charge on any atom is 0.106 e. The second-order valence-electron chi connectivity index (χ2n) is 3.94. The molecule has 0 heterocycles. The van der Waals surface area contributed by atoms with Crippen LogP contribution in [0.15, 0.2) is 34.3 Å². The fourth-order valence-electron chi connectivity index (χ4n) is 1.12. The first-order chi connectivity index (χ1) is 7.03. The Balaban J connectivity index is 2.68. The minimum Gasteiger partial charge on any atom is -0.399 e. The van der Waals surface area contributed by atoms with Crippen molar-refractivity contribution in [3.63, 3.8) is 0 Å². The third kappa shape index (κ3) is 4.38.